The number of aliphatic hydroxyl groups is 1. The highest BCUT2D eigenvalue weighted by Crippen LogP contribution is 2.48. The molecule has 0 heterocycles. The van der Waals surface area contributed by atoms with Crippen molar-refractivity contribution in [3.63, 3.8) is 0 Å². The second-order valence-electron chi connectivity index (χ2n) is 8.39. The molecule has 3 nitrogen and oxygen atoms in total. The van der Waals surface area contributed by atoms with Crippen molar-refractivity contribution in [2.45, 2.75) is 70.8 Å². The van der Waals surface area contributed by atoms with Gasteiger partial charge in [-0.3, -0.25) is 4.79 Å². The van der Waals surface area contributed by atoms with E-state index < -0.39 is 5.60 Å². The molecule has 3 atom stereocenters. The number of hydrogen-bond donors (Lipinski definition) is 2. The number of nitrogens with one attached hydrogen (secondary N) is 1. The standard InChI is InChI=1S/C17H29NO2/c1-16(2)5-7-17(20,8-6-16)11-18-15(19)14-10-12-3-4-13(14)9-12/h12-14,20H,3-11H2,1-2H3,(H,18,19). The van der Waals surface area contributed by atoms with Crippen LogP contribution < -0.4 is 5.32 Å². The van der Waals surface area contributed by atoms with Crippen LogP contribution in [0, 0.1) is 23.2 Å². The number of carbonyl (C=O) groups is 1. The fourth-order valence-electron chi connectivity index (χ4n) is 4.52. The van der Waals surface area contributed by atoms with Gasteiger partial charge < -0.3 is 10.4 Å². The minimum atomic E-state index is -0.664. The third-order valence-corrected chi connectivity index (χ3v) is 6.20. The first-order chi connectivity index (χ1) is 9.37. The van der Waals surface area contributed by atoms with E-state index in [0.29, 0.717) is 17.9 Å². The first-order valence-corrected chi connectivity index (χ1v) is 8.37. The Hall–Kier alpha value is -0.570. The molecule has 0 aromatic heterocycles. The number of carbonyl (C=O) groups excluding carboxylic acids is 1. The van der Waals surface area contributed by atoms with Gasteiger partial charge in [0.15, 0.2) is 0 Å². The lowest BCUT2D eigenvalue weighted by Crippen LogP contribution is -2.48. The zero-order valence-corrected chi connectivity index (χ0v) is 13.0. The Balaban J connectivity index is 1.48. The summed E-state index contributed by atoms with van der Waals surface area (Å²) in [6, 6.07) is 0. The van der Waals surface area contributed by atoms with Crippen LogP contribution in [0.4, 0.5) is 0 Å². The molecule has 3 fully saturated rings. The van der Waals surface area contributed by atoms with E-state index in [1.165, 1.54) is 19.3 Å². The van der Waals surface area contributed by atoms with Crippen LogP contribution in [-0.4, -0.2) is 23.2 Å². The maximum absolute atomic E-state index is 12.3. The summed E-state index contributed by atoms with van der Waals surface area (Å²) in [5.74, 6) is 1.86. The topological polar surface area (TPSA) is 49.3 Å². The maximum atomic E-state index is 12.3. The Kier molecular flexibility index (Phi) is 3.60. The van der Waals surface area contributed by atoms with Crippen LogP contribution in [-0.2, 0) is 4.79 Å². The van der Waals surface area contributed by atoms with Crippen molar-refractivity contribution in [1.29, 1.82) is 0 Å². The van der Waals surface area contributed by atoms with Gasteiger partial charge >= 0.3 is 0 Å². The highest BCUT2D eigenvalue weighted by atomic mass is 16.3. The molecule has 3 rings (SSSR count). The molecule has 3 aliphatic carbocycles. The second-order valence-corrected chi connectivity index (χ2v) is 8.39. The lowest BCUT2D eigenvalue weighted by molar-refractivity contribution is -0.128. The summed E-state index contributed by atoms with van der Waals surface area (Å²) < 4.78 is 0. The minimum absolute atomic E-state index is 0.204. The monoisotopic (exact) mass is 279 g/mol. The number of rotatable bonds is 3. The van der Waals surface area contributed by atoms with E-state index in [2.05, 4.69) is 19.2 Å². The lowest BCUT2D eigenvalue weighted by atomic mass is 9.71. The molecule has 0 saturated heterocycles. The van der Waals surface area contributed by atoms with Crippen LogP contribution in [0.3, 0.4) is 0 Å². The van der Waals surface area contributed by atoms with Gasteiger partial charge in [-0.15, -0.1) is 0 Å². The molecule has 0 radical (unpaired) electrons. The molecule has 3 unspecified atom stereocenters. The van der Waals surface area contributed by atoms with Gasteiger partial charge in [0.25, 0.3) is 0 Å². The van der Waals surface area contributed by atoms with E-state index in [-0.39, 0.29) is 11.8 Å². The third-order valence-electron chi connectivity index (χ3n) is 6.20. The van der Waals surface area contributed by atoms with Crippen molar-refractivity contribution in [3.8, 4) is 0 Å². The van der Waals surface area contributed by atoms with Crippen molar-refractivity contribution >= 4 is 5.91 Å². The predicted octanol–water partition coefficient (Wildman–Crippen LogP) is 2.87. The van der Waals surface area contributed by atoms with E-state index in [1.807, 2.05) is 0 Å². The van der Waals surface area contributed by atoms with Crippen LogP contribution in [0.2, 0.25) is 0 Å². The molecule has 114 valence electrons. The van der Waals surface area contributed by atoms with E-state index in [9.17, 15) is 9.90 Å². The van der Waals surface area contributed by atoms with Crippen molar-refractivity contribution < 1.29 is 9.90 Å². The molecule has 3 saturated carbocycles. The van der Waals surface area contributed by atoms with E-state index in [1.54, 1.807) is 0 Å². The molecule has 20 heavy (non-hydrogen) atoms. The number of hydrogen-bond acceptors (Lipinski definition) is 2. The zero-order valence-electron chi connectivity index (χ0n) is 13.0. The highest BCUT2D eigenvalue weighted by Gasteiger charge is 2.44. The number of amides is 1. The zero-order chi connectivity index (χ0) is 14.4. The van der Waals surface area contributed by atoms with E-state index in [0.717, 1.165) is 38.0 Å². The average molecular weight is 279 g/mol. The first-order valence-electron chi connectivity index (χ1n) is 8.37. The fourth-order valence-corrected chi connectivity index (χ4v) is 4.52. The average Bonchev–Trinajstić information content (AvgIpc) is 3.03. The summed E-state index contributed by atoms with van der Waals surface area (Å²) in [6.45, 7) is 4.98. The van der Waals surface area contributed by atoms with Gasteiger partial charge in [0.1, 0.15) is 0 Å². The van der Waals surface area contributed by atoms with Crippen molar-refractivity contribution in [3.05, 3.63) is 0 Å². The summed E-state index contributed by atoms with van der Waals surface area (Å²) in [5.41, 5.74) is -0.316. The molecule has 2 N–H and O–H groups in total. The summed E-state index contributed by atoms with van der Waals surface area (Å²) in [6.07, 6.45) is 8.64. The predicted molar refractivity (Wildman–Crippen MR) is 79.1 cm³/mol. The maximum Gasteiger partial charge on any atom is 0.223 e. The van der Waals surface area contributed by atoms with Crippen molar-refractivity contribution in [2.24, 2.45) is 23.2 Å². The molecular weight excluding hydrogens is 250 g/mol. The quantitative estimate of drug-likeness (QED) is 0.834. The molecule has 2 bridgehead atoms. The van der Waals surface area contributed by atoms with Crippen molar-refractivity contribution in [1.82, 2.24) is 5.32 Å². The van der Waals surface area contributed by atoms with Gasteiger partial charge in [-0.25, -0.2) is 0 Å². The van der Waals surface area contributed by atoms with E-state index in [4.69, 9.17) is 0 Å². The molecule has 0 aliphatic heterocycles. The summed E-state index contributed by atoms with van der Waals surface area (Å²) >= 11 is 0. The Morgan fingerprint density at radius 1 is 1.15 bits per heavy atom. The smallest absolute Gasteiger partial charge is 0.223 e. The van der Waals surface area contributed by atoms with Crippen LogP contribution in [0.1, 0.15) is 65.2 Å². The Labute approximate surface area is 122 Å². The third kappa shape index (κ3) is 2.88. The molecule has 0 spiro atoms. The van der Waals surface area contributed by atoms with Gasteiger partial charge in [-0.05, 0) is 62.2 Å². The molecule has 0 aromatic carbocycles. The first kappa shape index (κ1) is 14.4. The fraction of sp³-hybridized carbons (Fsp3) is 0.941. The summed E-state index contributed by atoms with van der Waals surface area (Å²) in [7, 11) is 0. The van der Waals surface area contributed by atoms with Crippen LogP contribution in [0.15, 0.2) is 0 Å². The molecule has 3 aliphatic rings. The van der Waals surface area contributed by atoms with E-state index >= 15 is 0 Å². The summed E-state index contributed by atoms with van der Waals surface area (Å²) in [5, 5.41) is 13.7. The van der Waals surface area contributed by atoms with Gasteiger partial charge in [0.2, 0.25) is 5.91 Å². The minimum Gasteiger partial charge on any atom is -0.388 e. The van der Waals surface area contributed by atoms with Crippen LogP contribution >= 0.6 is 0 Å². The Morgan fingerprint density at radius 2 is 1.85 bits per heavy atom. The second kappa shape index (κ2) is 5.01. The van der Waals surface area contributed by atoms with Gasteiger partial charge in [0.05, 0.1) is 5.60 Å². The molecule has 1 amide bonds. The SMILES string of the molecule is CC1(C)CCC(O)(CNC(=O)C2CC3CCC2C3)CC1. The van der Waals surface area contributed by atoms with Gasteiger partial charge in [0, 0.05) is 12.5 Å². The highest BCUT2D eigenvalue weighted by molar-refractivity contribution is 5.79. The lowest BCUT2D eigenvalue weighted by Gasteiger charge is -2.40. The number of fused-ring (bicyclic) bond motifs is 2. The largest absolute Gasteiger partial charge is 0.388 e. The van der Waals surface area contributed by atoms with Crippen molar-refractivity contribution in [2.75, 3.05) is 6.54 Å². The van der Waals surface area contributed by atoms with Gasteiger partial charge in [-0.2, -0.15) is 0 Å². The van der Waals surface area contributed by atoms with Crippen LogP contribution in [0.5, 0.6) is 0 Å². The Bertz CT molecular complexity index is 380. The van der Waals surface area contributed by atoms with Crippen LogP contribution in [0.25, 0.3) is 0 Å². The molecule has 3 heteroatoms. The summed E-state index contributed by atoms with van der Waals surface area (Å²) in [4.78, 5) is 12.3. The molecule has 0 aromatic rings. The normalized spacial score (nSPS) is 37.9. The molecular formula is C17H29NO2. The van der Waals surface area contributed by atoms with Gasteiger partial charge in [-0.1, -0.05) is 20.3 Å². The Morgan fingerprint density at radius 3 is 2.40 bits per heavy atom.